The number of rotatable bonds is 8. The van der Waals surface area contributed by atoms with E-state index < -0.39 is 0 Å². The predicted molar refractivity (Wildman–Crippen MR) is 114 cm³/mol. The zero-order valence-electron chi connectivity index (χ0n) is 16.4. The van der Waals surface area contributed by atoms with Crippen molar-refractivity contribution < 1.29 is 9.21 Å². The van der Waals surface area contributed by atoms with Crippen molar-refractivity contribution in [1.82, 2.24) is 15.5 Å². The molecule has 1 amide bonds. The summed E-state index contributed by atoms with van der Waals surface area (Å²) in [5.41, 5.74) is 0.941. The van der Waals surface area contributed by atoms with E-state index in [9.17, 15) is 4.79 Å². The molecule has 1 atom stereocenters. The van der Waals surface area contributed by atoms with Crippen molar-refractivity contribution >= 4 is 28.8 Å². The summed E-state index contributed by atoms with van der Waals surface area (Å²) in [6.07, 6.45) is 4.72. The molecule has 3 aromatic rings. The summed E-state index contributed by atoms with van der Waals surface area (Å²) < 4.78 is 5.98. The molecule has 152 valence electrons. The molecule has 1 saturated carbocycles. The van der Waals surface area contributed by atoms with Crippen molar-refractivity contribution in [3.63, 3.8) is 0 Å². The van der Waals surface area contributed by atoms with Crippen LogP contribution in [0.2, 0.25) is 5.02 Å². The number of aryl methyl sites for hydroxylation is 1. The molecule has 1 aliphatic carbocycles. The van der Waals surface area contributed by atoms with Gasteiger partial charge in [-0.15, -0.1) is 21.5 Å². The van der Waals surface area contributed by atoms with Gasteiger partial charge in [0.15, 0.2) is 0 Å². The summed E-state index contributed by atoms with van der Waals surface area (Å²) >= 11 is 7.74. The zero-order chi connectivity index (χ0) is 20.3. The smallest absolute Gasteiger partial charge is 0.227 e. The van der Waals surface area contributed by atoms with Gasteiger partial charge in [0.2, 0.25) is 17.7 Å². The van der Waals surface area contributed by atoms with Crippen molar-refractivity contribution in [2.75, 3.05) is 0 Å². The van der Waals surface area contributed by atoms with Crippen LogP contribution in [-0.2, 0) is 23.1 Å². The number of carbonyl (C=O) groups excluding carboxylic acids is 1. The van der Waals surface area contributed by atoms with Gasteiger partial charge in [0.1, 0.15) is 0 Å². The van der Waals surface area contributed by atoms with E-state index in [0.717, 1.165) is 31.2 Å². The van der Waals surface area contributed by atoms with Crippen molar-refractivity contribution in [3.8, 4) is 0 Å². The first-order chi connectivity index (χ1) is 14.0. The molecule has 1 N–H and O–H groups in total. The van der Waals surface area contributed by atoms with Crippen LogP contribution in [0.3, 0.4) is 0 Å². The molecule has 0 bridgehead atoms. The van der Waals surface area contributed by atoms with Crippen molar-refractivity contribution in [1.29, 1.82) is 0 Å². The second-order valence-corrected chi connectivity index (χ2v) is 9.16. The average molecular weight is 430 g/mol. The molecular weight excluding hydrogens is 406 g/mol. The molecule has 4 rings (SSSR count). The van der Waals surface area contributed by atoms with E-state index in [0.29, 0.717) is 29.6 Å². The van der Waals surface area contributed by atoms with Gasteiger partial charge in [-0.2, -0.15) is 0 Å². The Morgan fingerprint density at radius 1 is 1.28 bits per heavy atom. The normalized spacial score (nSPS) is 16.2. The maximum atomic E-state index is 12.3. The summed E-state index contributed by atoms with van der Waals surface area (Å²) in [6, 6.07) is 12.1. The van der Waals surface area contributed by atoms with Gasteiger partial charge in [-0.05, 0) is 48.9 Å². The molecule has 1 aromatic carbocycles. The number of carbonyl (C=O) groups is 1. The number of hydrogen-bond acceptors (Lipinski definition) is 5. The van der Waals surface area contributed by atoms with Crippen LogP contribution in [0, 0.1) is 0 Å². The van der Waals surface area contributed by atoms with Crippen LogP contribution in [0.4, 0.5) is 0 Å². The number of aromatic nitrogens is 2. The number of nitrogens with zero attached hydrogens (tertiary/aromatic N) is 2. The summed E-state index contributed by atoms with van der Waals surface area (Å²) in [4.78, 5) is 13.5. The molecule has 2 aromatic heterocycles. The van der Waals surface area contributed by atoms with Crippen LogP contribution in [0.25, 0.3) is 0 Å². The second-order valence-electron chi connectivity index (χ2n) is 7.70. The molecule has 0 aliphatic heterocycles. The predicted octanol–water partition coefficient (Wildman–Crippen LogP) is 4.93. The fraction of sp³-hybridized carbons (Fsp3) is 0.409. The van der Waals surface area contributed by atoms with Crippen LogP contribution >= 0.6 is 22.9 Å². The molecule has 29 heavy (non-hydrogen) atoms. The lowest BCUT2D eigenvalue weighted by Crippen LogP contribution is -2.35. The van der Waals surface area contributed by atoms with Crippen molar-refractivity contribution in [3.05, 3.63) is 69.0 Å². The number of thiophene rings is 1. The first kappa shape index (κ1) is 20.1. The lowest BCUT2D eigenvalue weighted by Gasteiger charge is -2.39. The van der Waals surface area contributed by atoms with E-state index in [1.165, 1.54) is 4.88 Å². The monoisotopic (exact) mass is 429 g/mol. The Morgan fingerprint density at radius 2 is 2.07 bits per heavy atom. The van der Waals surface area contributed by atoms with Gasteiger partial charge in [0.05, 0.1) is 5.41 Å². The minimum atomic E-state index is -0.215. The molecule has 5 nitrogen and oxygen atoms in total. The van der Waals surface area contributed by atoms with E-state index in [1.807, 2.05) is 37.3 Å². The molecule has 0 unspecified atom stereocenters. The fourth-order valence-corrected chi connectivity index (χ4v) is 4.78. The van der Waals surface area contributed by atoms with E-state index >= 15 is 0 Å². The Kier molecular flexibility index (Phi) is 6.01. The number of benzene rings is 1. The molecule has 1 aliphatic rings. The minimum Gasteiger partial charge on any atom is -0.424 e. The third-order valence-electron chi connectivity index (χ3n) is 5.54. The molecule has 0 spiro atoms. The highest BCUT2D eigenvalue weighted by Gasteiger charge is 2.45. The van der Waals surface area contributed by atoms with E-state index in [1.54, 1.807) is 11.3 Å². The largest absolute Gasteiger partial charge is 0.424 e. The SMILES string of the molecule is C[C@@H](Cc1cccs1)NC(=O)CCc1nnc(C2(c3ccc(Cl)cc3)CCC2)o1. The molecule has 1 fully saturated rings. The molecular formula is C22H24ClN3O2S. The topological polar surface area (TPSA) is 68.0 Å². The summed E-state index contributed by atoms with van der Waals surface area (Å²) in [6.45, 7) is 2.02. The van der Waals surface area contributed by atoms with E-state index in [4.69, 9.17) is 16.0 Å². The summed E-state index contributed by atoms with van der Waals surface area (Å²) in [5, 5.41) is 14.3. The first-order valence-electron chi connectivity index (χ1n) is 9.96. The van der Waals surface area contributed by atoms with Crippen molar-refractivity contribution in [2.24, 2.45) is 0 Å². The molecule has 0 saturated heterocycles. The van der Waals surface area contributed by atoms with Crippen LogP contribution < -0.4 is 5.32 Å². The summed E-state index contributed by atoms with van der Waals surface area (Å²) in [7, 11) is 0. The van der Waals surface area contributed by atoms with Crippen LogP contribution in [-0.4, -0.2) is 22.1 Å². The third-order valence-corrected chi connectivity index (χ3v) is 6.69. The zero-order valence-corrected chi connectivity index (χ0v) is 17.9. The number of halogens is 1. The minimum absolute atomic E-state index is 0.00450. The van der Waals surface area contributed by atoms with Gasteiger partial charge in [-0.3, -0.25) is 4.79 Å². The number of hydrogen-bond donors (Lipinski definition) is 1. The summed E-state index contributed by atoms with van der Waals surface area (Å²) in [5.74, 6) is 1.17. The Labute approximate surface area is 179 Å². The maximum Gasteiger partial charge on any atom is 0.227 e. The van der Waals surface area contributed by atoms with Crippen LogP contribution in [0.15, 0.2) is 46.2 Å². The molecule has 0 radical (unpaired) electrons. The van der Waals surface area contributed by atoms with E-state index in [2.05, 4.69) is 27.0 Å². The van der Waals surface area contributed by atoms with Gasteiger partial charge in [0, 0.05) is 35.2 Å². The van der Waals surface area contributed by atoms with Gasteiger partial charge in [-0.25, -0.2) is 0 Å². The standard InChI is InChI=1S/C22H24ClN3O2S/c1-15(14-18-4-2-13-29-18)24-19(27)9-10-20-25-26-21(28-20)22(11-3-12-22)16-5-7-17(23)8-6-16/h2,4-8,13,15H,3,9-12,14H2,1H3,(H,24,27)/t15-/m0/s1. The van der Waals surface area contributed by atoms with Crippen molar-refractivity contribution in [2.45, 2.75) is 56.9 Å². The average Bonchev–Trinajstić information content (AvgIpc) is 3.33. The van der Waals surface area contributed by atoms with Gasteiger partial charge >= 0.3 is 0 Å². The highest BCUT2D eigenvalue weighted by atomic mass is 35.5. The Morgan fingerprint density at radius 3 is 2.72 bits per heavy atom. The third kappa shape index (κ3) is 4.54. The highest BCUT2D eigenvalue weighted by molar-refractivity contribution is 7.09. The van der Waals surface area contributed by atoms with Crippen LogP contribution in [0.1, 0.15) is 54.8 Å². The van der Waals surface area contributed by atoms with Gasteiger partial charge in [0.25, 0.3) is 0 Å². The van der Waals surface area contributed by atoms with E-state index in [-0.39, 0.29) is 17.4 Å². The van der Waals surface area contributed by atoms with Gasteiger partial charge < -0.3 is 9.73 Å². The Balaban J connectivity index is 1.34. The first-order valence-corrected chi connectivity index (χ1v) is 11.2. The van der Waals surface area contributed by atoms with Crippen LogP contribution in [0.5, 0.6) is 0 Å². The number of amides is 1. The number of nitrogens with one attached hydrogen (secondary N) is 1. The molecule has 7 heteroatoms. The lowest BCUT2D eigenvalue weighted by atomic mass is 9.64. The lowest BCUT2D eigenvalue weighted by molar-refractivity contribution is -0.121. The quantitative estimate of drug-likeness (QED) is 0.551. The molecule has 2 heterocycles. The Bertz CT molecular complexity index is 949. The highest BCUT2D eigenvalue weighted by Crippen LogP contribution is 2.48. The second kappa shape index (κ2) is 8.67. The Hall–Kier alpha value is -2.18. The van der Waals surface area contributed by atoms with Gasteiger partial charge in [-0.1, -0.05) is 36.2 Å². The maximum absolute atomic E-state index is 12.3. The fourth-order valence-electron chi connectivity index (χ4n) is 3.82.